The molecule has 0 saturated carbocycles. The van der Waals surface area contributed by atoms with Crippen LogP contribution < -0.4 is 5.32 Å². The van der Waals surface area contributed by atoms with Crippen molar-refractivity contribution in [3.8, 4) is 6.07 Å². The number of aryl methyl sites for hydroxylation is 2. The Morgan fingerprint density at radius 2 is 1.75 bits per heavy atom. The number of nitrogens with zero attached hydrogens (tertiary/aromatic N) is 3. The molecule has 2 aromatic heterocycles. The number of benzene rings is 1. The molecule has 0 aliphatic carbocycles. The zero-order valence-corrected chi connectivity index (χ0v) is 16.7. The van der Waals surface area contributed by atoms with Gasteiger partial charge in [-0.15, -0.1) is 0 Å². The Morgan fingerprint density at radius 1 is 1.11 bits per heavy atom. The van der Waals surface area contributed by atoms with Crippen LogP contribution in [-0.4, -0.2) is 22.2 Å². The fraction of sp³-hybridized carbons (Fsp3) is 0.182. The molecule has 0 unspecified atom stereocenters. The molecule has 6 heteroatoms. The molecule has 1 amide bonds. The van der Waals surface area contributed by atoms with Crippen LogP contribution in [0, 0.1) is 18.3 Å². The van der Waals surface area contributed by atoms with Crippen molar-refractivity contribution in [1.82, 2.24) is 9.55 Å². The Bertz CT molecular complexity index is 867. The summed E-state index contributed by atoms with van der Waals surface area (Å²) in [6.45, 7) is 7.93. The van der Waals surface area contributed by atoms with Gasteiger partial charge < -0.3 is 14.7 Å². The summed E-state index contributed by atoms with van der Waals surface area (Å²) in [5, 5.41) is 11.2. The van der Waals surface area contributed by atoms with E-state index < -0.39 is 0 Å². The van der Waals surface area contributed by atoms with E-state index in [2.05, 4.69) is 16.4 Å². The predicted molar refractivity (Wildman–Crippen MR) is 112 cm³/mol. The number of hydrogen-bond acceptors (Lipinski definition) is 4. The van der Waals surface area contributed by atoms with Gasteiger partial charge in [0.1, 0.15) is 12.5 Å². The second-order valence-corrected chi connectivity index (χ2v) is 5.16. The minimum atomic E-state index is -0.193. The van der Waals surface area contributed by atoms with Crippen LogP contribution in [0.2, 0.25) is 0 Å². The highest BCUT2D eigenvalue weighted by Gasteiger charge is 2.06. The number of hydrogen-bond donors (Lipinski definition) is 1. The van der Waals surface area contributed by atoms with E-state index in [0.717, 1.165) is 16.8 Å². The Labute approximate surface area is 166 Å². The first-order valence-corrected chi connectivity index (χ1v) is 8.69. The third-order valence-corrected chi connectivity index (χ3v) is 3.25. The monoisotopic (exact) mass is 378 g/mol. The van der Waals surface area contributed by atoms with Gasteiger partial charge in [0.15, 0.2) is 0 Å². The average molecular weight is 378 g/mol. The zero-order valence-electron chi connectivity index (χ0n) is 16.7. The summed E-state index contributed by atoms with van der Waals surface area (Å²) in [5.74, 6) is -0.193. The van der Waals surface area contributed by atoms with Crippen LogP contribution in [0.1, 0.15) is 35.5 Å². The molecule has 1 N–H and O–H groups in total. The molecule has 1 aromatic carbocycles. The molecule has 2 heterocycles. The number of pyridine rings is 1. The van der Waals surface area contributed by atoms with Crippen molar-refractivity contribution >= 4 is 18.4 Å². The molecule has 3 rings (SSSR count). The first-order chi connectivity index (χ1) is 13.6. The molecule has 28 heavy (non-hydrogen) atoms. The van der Waals surface area contributed by atoms with E-state index >= 15 is 0 Å². The van der Waals surface area contributed by atoms with Gasteiger partial charge in [0.25, 0.3) is 5.91 Å². The molecule has 0 fully saturated rings. The maximum atomic E-state index is 11.6. The first-order valence-electron chi connectivity index (χ1n) is 8.69. The van der Waals surface area contributed by atoms with Gasteiger partial charge >= 0.3 is 0 Å². The number of aromatic nitrogens is 2. The normalized spacial score (nSPS) is 8.39. The van der Waals surface area contributed by atoms with Crippen LogP contribution >= 0.6 is 0 Å². The molecule has 0 radical (unpaired) electrons. The molecule has 0 bridgehead atoms. The van der Waals surface area contributed by atoms with Crippen molar-refractivity contribution in [3.05, 3.63) is 83.9 Å². The summed E-state index contributed by atoms with van der Waals surface area (Å²) in [6, 6.07) is 16.7. The Morgan fingerprint density at radius 3 is 2.21 bits per heavy atom. The molecule has 3 aromatic rings. The number of anilines is 1. The standard InChI is InChI=1S/C11H11N3O.C8H7N.C2H6.CH2O/c1-14-7-5-9(8-14)13-11(15)10-4-2-3-6-12-10;1-7-4-2-3-5-8(7)6-9;2*1-2/h2-8H,1H3,(H,13,15);2-5H,1H3;1-2H3;1H2. The number of rotatable bonds is 2. The van der Waals surface area contributed by atoms with E-state index in [0.29, 0.717) is 5.69 Å². The van der Waals surface area contributed by atoms with Crippen molar-refractivity contribution < 1.29 is 9.59 Å². The lowest BCUT2D eigenvalue weighted by Gasteiger charge is -2.00. The van der Waals surface area contributed by atoms with E-state index in [1.165, 1.54) is 0 Å². The second-order valence-electron chi connectivity index (χ2n) is 5.16. The van der Waals surface area contributed by atoms with Gasteiger partial charge in [-0.05, 0) is 36.8 Å². The first kappa shape index (κ1) is 24.3. The number of nitriles is 1. The summed E-state index contributed by atoms with van der Waals surface area (Å²) < 4.78 is 1.87. The van der Waals surface area contributed by atoms with Crippen molar-refractivity contribution in [2.75, 3.05) is 5.32 Å². The summed E-state index contributed by atoms with van der Waals surface area (Å²) in [7, 11) is 1.90. The summed E-state index contributed by atoms with van der Waals surface area (Å²) in [4.78, 5) is 23.6. The highest BCUT2D eigenvalue weighted by molar-refractivity contribution is 6.02. The van der Waals surface area contributed by atoms with Crippen LogP contribution in [0.5, 0.6) is 0 Å². The molecule has 146 valence electrons. The zero-order chi connectivity index (χ0) is 21.4. The summed E-state index contributed by atoms with van der Waals surface area (Å²) in [5.41, 5.74) is 2.99. The third-order valence-electron chi connectivity index (χ3n) is 3.25. The van der Waals surface area contributed by atoms with Gasteiger partial charge in [-0.3, -0.25) is 9.78 Å². The molecular weight excluding hydrogens is 352 g/mol. The number of carbonyl (C=O) groups is 2. The topological polar surface area (TPSA) is 87.8 Å². The van der Waals surface area contributed by atoms with Gasteiger partial charge in [0, 0.05) is 25.6 Å². The maximum absolute atomic E-state index is 11.6. The lowest BCUT2D eigenvalue weighted by atomic mass is 10.1. The number of nitrogens with one attached hydrogen (secondary N) is 1. The van der Waals surface area contributed by atoms with Gasteiger partial charge in [-0.2, -0.15) is 5.26 Å². The number of amides is 1. The van der Waals surface area contributed by atoms with Crippen LogP contribution in [0.4, 0.5) is 5.69 Å². The Hall–Kier alpha value is -3.72. The smallest absolute Gasteiger partial charge is 0.274 e. The predicted octanol–water partition coefficient (Wildman–Crippen LogP) is 4.38. The van der Waals surface area contributed by atoms with Gasteiger partial charge in [-0.25, -0.2) is 0 Å². The maximum Gasteiger partial charge on any atom is 0.274 e. The quantitative estimate of drug-likeness (QED) is 0.717. The van der Waals surface area contributed by atoms with E-state index in [1.807, 2.05) is 81.9 Å². The van der Waals surface area contributed by atoms with Crippen molar-refractivity contribution in [2.45, 2.75) is 20.8 Å². The fourth-order valence-electron chi connectivity index (χ4n) is 1.97. The molecule has 0 spiro atoms. The number of carbonyl (C=O) groups excluding carboxylic acids is 2. The van der Waals surface area contributed by atoms with Crippen molar-refractivity contribution in [2.24, 2.45) is 7.05 Å². The Balaban J connectivity index is 0.000000481. The minimum Gasteiger partial charge on any atom is -0.355 e. The van der Waals surface area contributed by atoms with E-state index in [-0.39, 0.29) is 5.91 Å². The van der Waals surface area contributed by atoms with Gasteiger partial charge in [-0.1, -0.05) is 38.1 Å². The lowest BCUT2D eigenvalue weighted by molar-refractivity contribution is -0.0980. The average Bonchev–Trinajstić information content (AvgIpc) is 3.17. The minimum absolute atomic E-state index is 0.193. The molecule has 0 atom stereocenters. The molecule has 0 aliphatic rings. The van der Waals surface area contributed by atoms with Crippen LogP contribution in [-0.2, 0) is 11.8 Å². The van der Waals surface area contributed by atoms with Crippen LogP contribution in [0.25, 0.3) is 0 Å². The highest BCUT2D eigenvalue weighted by atomic mass is 16.1. The van der Waals surface area contributed by atoms with Gasteiger partial charge in [0.05, 0.1) is 17.3 Å². The lowest BCUT2D eigenvalue weighted by Crippen LogP contribution is -2.12. The van der Waals surface area contributed by atoms with Crippen LogP contribution in [0.15, 0.2) is 67.1 Å². The van der Waals surface area contributed by atoms with Crippen molar-refractivity contribution in [3.63, 3.8) is 0 Å². The van der Waals surface area contributed by atoms with E-state index in [4.69, 9.17) is 10.1 Å². The summed E-state index contributed by atoms with van der Waals surface area (Å²) >= 11 is 0. The fourth-order valence-corrected chi connectivity index (χ4v) is 1.97. The Kier molecular flexibility index (Phi) is 12.5. The molecular formula is C22H26N4O2. The van der Waals surface area contributed by atoms with E-state index in [1.54, 1.807) is 24.4 Å². The molecule has 0 aliphatic heterocycles. The van der Waals surface area contributed by atoms with Gasteiger partial charge in [0.2, 0.25) is 0 Å². The SMILES string of the molecule is C=O.CC.Cc1ccccc1C#N.Cn1ccc(NC(=O)c2ccccn2)c1. The highest BCUT2D eigenvalue weighted by Crippen LogP contribution is 2.08. The van der Waals surface area contributed by atoms with E-state index in [9.17, 15) is 4.79 Å². The third kappa shape index (κ3) is 8.59. The molecule has 0 saturated heterocycles. The largest absolute Gasteiger partial charge is 0.355 e. The second kappa shape index (κ2) is 14.4. The van der Waals surface area contributed by atoms with Crippen LogP contribution in [0.3, 0.4) is 0 Å². The summed E-state index contributed by atoms with van der Waals surface area (Å²) in [6.07, 6.45) is 5.30. The van der Waals surface area contributed by atoms with Crippen molar-refractivity contribution in [1.29, 1.82) is 5.26 Å². The molecule has 6 nitrogen and oxygen atoms in total.